The fourth-order valence-corrected chi connectivity index (χ4v) is 2.97. The van der Waals surface area contributed by atoms with Crippen LogP contribution in [0.15, 0.2) is 48.5 Å². The lowest BCUT2D eigenvalue weighted by molar-refractivity contribution is 0.414. The summed E-state index contributed by atoms with van der Waals surface area (Å²) < 4.78 is 5.26. The van der Waals surface area contributed by atoms with Gasteiger partial charge >= 0.3 is 0 Å². The van der Waals surface area contributed by atoms with Gasteiger partial charge in [0.25, 0.3) is 0 Å². The van der Waals surface area contributed by atoms with Gasteiger partial charge in [-0.3, -0.25) is 0 Å². The smallest absolute Gasteiger partial charge is 0.118 e. The van der Waals surface area contributed by atoms with Crippen molar-refractivity contribution >= 4 is 0 Å². The molecule has 0 bridgehead atoms. The van der Waals surface area contributed by atoms with Crippen molar-refractivity contribution in [3.05, 3.63) is 65.2 Å². The van der Waals surface area contributed by atoms with Crippen LogP contribution in [0.25, 0.3) is 0 Å². The monoisotopic (exact) mass is 308 g/mol. The van der Waals surface area contributed by atoms with Crippen LogP contribution >= 0.6 is 0 Å². The van der Waals surface area contributed by atoms with E-state index in [1.54, 1.807) is 7.11 Å². The fourth-order valence-electron chi connectivity index (χ4n) is 2.97. The number of nitrogens with zero attached hydrogens (tertiary/aromatic N) is 1. The Bertz CT molecular complexity index is 654. The predicted molar refractivity (Wildman–Crippen MR) is 93.7 cm³/mol. The van der Waals surface area contributed by atoms with Crippen molar-refractivity contribution in [3.8, 4) is 11.8 Å². The minimum absolute atomic E-state index is 0.219. The van der Waals surface area contributed by atoms with Crippen LogP contribution in [0.3, 0.4) is 0 Å². The standard InChI is InChI=1S/C20H24N2O/c1-14(2)22-15(3)20(17-7-5-16(13-21)6-8-17)18-9-11-19(23-4)12-10-18/h5-12,14-15,20,22H,1-4H3. The normalized spacial score (nSPS) is 13.4. The summed E-state index contributed by atoms with van der Waals surface area (Å²) in [7, 11) is 1.68. The van der Waals surface area contributed by atoms with Gasteiger partial charge in [0.15, 0.2) is 0 Å². The lowest BCUT2D eigenvalue weighted by atomic mass is 9.85. The number of nitrogens with one attached hydrogen (secondary N) is 1. The second-order valence-corrected chi connectivity index (χ2v) is 6.09. The molecule has 0 radical (unpaired) electrons. The van der Waals surface area contributed by atoms with Gasteiger partial charge in [-0.1, -0.05) is 38.1 Å². The third-order valence-corrected chi connectivity index (χ3v) is 3.97. The van der Waals surface area contributed by atoms with Crippen LogP contribution in [0.2, 0.25) is 0 Å². The summed E-state index contributed by atoms with van der Waals surface area (Å²) in [6.07, 6.45) is 0. The third kappa shape index (κ3) is 4.34. The molecule has 0 aliphatic carbocycles. The van der Waals surface area contributed by atoms with Crippen LogP contribution in [-0.4, -0.2) is 19.2 Å². The van der Waals surface area contributed by atoms with Crippen molar-refractivity contribution in [1.29, 1.82) is 5.26 Å². The first kappa shape index (κ1) is 17.1. The molecule has 2 aromatic carbocycles. The van der Waals surface area contributed by atoms with Crippen molar-refractivity contribution < 1.29 is 4.74 Å². The number of hydrogen-bond donors (Lipinski definition) is 1. The highest BCUT2D eigenvalue weighted by molar-refractivity contribution is 5.40. The van der Waals surface area contributed by atoms with Crippen molar-refractivity contribution in [2.45, 2.75) is 38.8 Å². The van der Waals surface area contributed by atoms with E-state index in [1.807, 2.05) is 36.4 Å². The summed E-state index contributed by atoms with van der Waals surface area (Å²) in [6, 6.07) is 18.9. The Hall–Kier alpha value is -2.31. The minimum atomic E-state index is 0.219. The van der Waals surface area contributed by atoms with Gasteiger partial charge in [-0.15, -0.1) is 0 Å². The number of hydrogen-bond acceptors (Lipinski definition) is 3. The first-order valence-electron chi connectivity index (χ1n) is 7.95. The highest BCUT2D eigenvalue weighted by Crippen LogP contribution is 2.30. The molecule has 0 spiro atoms. The molecule has 0 saturated heterocycles. The largest absolute Gasteiger partial charge is 0.497 e. The van der Waals surface area contributed by atoms with E-state index in [2.05, 4.69) is 44.3 Å². The Morgan fingerprint density at radius 2 is 1.43 bits per heavy atom. The van der Waals surface area contributed by atoms with Crippen LogP contribution in [0.1, 0.15) is 43.4 Å². The zero-order valence-corrected chi connectivity index (χ0v) is 14.2. The topological polar surface area (TPSA) is 45.0 Å². The average Bonchev–Trinajstić information content (AvgIpc) is 2.55. The maximum absolute atomic E-state index is 8.99. The van der Waals surface area contributed by atoms with Gasteiger partial charge in [-0.25, -0.2) is 0 Å². The molecule has 0 fully saturated rings. The van der Waals surface area contributed by atoms with Crippen molar-refractivity contribution in [2.75, 3.05) is 7.11 Å². The van der Waals surface area contributed by atoms with Gasteiger partial charge in [0.1, 0.15) is 5.75 Å². The summed E-state index contributed by atoms with van der Waals surface area (Å²) in [5, 5.41) is 12.6. The molecular weight excluding hydrogens is 284 g/mol. The Labute approximate surface area is 138 Å². The summed E-state index contributed by atoms with van der Waals surface area (Å²) >= 11 is 0. The van der Waals surface area contributed by atoms with E-state index < -0.39 is 0 Å². The molecule has 3 nitrogen and oxygen atoms in total. The Morgan fingerprint density at radius 3 is 1.87 bits per heavy atom. The molecule has 0 heterocycles. The second kappa shape index (κ2) is 7.80. The lowest BCUT2D eigenvalue weighted by Crippen LogP contribution is -2.37. The minimum Gasteiger partial charge on any atom is -0.497 e. The lowest BCUT2D eigenvalue weighted by Gasteiger charge is -2.28. The molecule has 23 heavy (non-hydrogen) atoms. The molecule has 3 heteroatoms. The average molecular weight is 308 g/mol. The first-order chi connectivity index (χ1) is 11.0. The molecule has 2 aromatic rings. The summed E-state index contributed by atoms with van der Waals surface area (Å²) in [5.74, 6) is 1.08. The van der Waals surface area contributed by atoms with Gasteiger partial charge in [0, 0.05) is 18.0 Å². The third-order valence-electron chi connectivity index (χ3n) is 3.97. The van der Waals surface area contributed by atoms with Crippen LogP contribution in [-0.2, 0) is 0 Å². The van der Waals surface area contributed by atoms with E-state index in [4.69, 9.17) is 10.00 Å². The summed E-state index contributed by atoms with van der Waals surface area (Å²) in [5.41, 5.74) is 3.12. The van der Waals surface area contributed by atoms with E-state index >= 15 is 0 Å². The van der Waals surface area contributed by atoms with Gasteiger partial charge in [-0.05, 0) is 42.3 Å². The molecule has 0 amide bonds. The fraction of sp³-hybridized carbons (Fsp3) is 0.350. The quantitative estimate of drug-likeness (QED) is 0.874. The maximum Gasteiger partial charge on any atom is 0.118 e. The van der Waals surface area contributed by atoms with E-state index in [9.17, 15) is 0 Å². The van der Waals surface area contributed by atoms with Gasteiger partial charge in [0.05, 0.1) is 18.7 Å². The van der Waals surface area contributed by atoms with Crippen molar-refractivity contribution in [3.63, 3.8) is 0 Å². The number of ether oxygens (including phenoxy) is 1. The van der Waals surface area contributed by atoms with Gasteiger partial charge < -0.3 is 10.1 Å². The SMILES string of the molecule is COc1ccc(C(c2ccc(C#N)cc2)C(C)NC(C)C)cc1. The zero-order valence-electron chi connectivity index (χ0n) is 14.2. The number of benzene rings is 2. The number of methoxy groups -OCH3 is 1. The highest BCUT2D eigenvalue weighted by Gasteiger charge is 2.22. The van der Waals surface area contributed by atoms with Crippen molar-refractivity contribution in [2.24, 2.45) is 0 Å². The Kier molecular flexibility index (Phi) is 5.78. The van der Waals surface area contributed by atoms with Crippen LogP contribution in [0.5, 0.6) is 5.75 Å². The van der Waals surface area contributed by atoms with Gasteiger partial charge in [0.2, 0.25) is 0 Å². The zero-order chi connectivity index (χ0) is 16.8. The molecule has 2 atom stereocenters. The first-order valence-corrected chi connectivity index (χ1v) is 7.95. The van der Waals surface area contributed by atoms with E-state index in [0.29, 0.717) is 11.6 Å². The Balaban J connectivity index is 2.39. The summed E-state index contributed by atoms with van der Waals surface area (Å²) in [6.45, 7) is 6.51. The maximum atomic E-state index is 8.99. The Morgan fingerprint density at radius 1 is 0.913 bits per heavy atom. The molecular formula is C20H24N2O. The van der Waals surface area contributed by atoms with Crippen LogP contribution in [0, 0.1) is 11.3 Å². The van der Waals surface area contributed by atoms with E-state index in [0.717, 1.165) is 5.75 Å². The molecule has 0 aliphatic heterocycles. The predicted octanol–water partition coefficient (Wildman–Crippen LogP) is 4.09. The van der Waals surface area contributed by atoms with E-state index in [-0.39, 0.29) is 12.0 Å². The molecule has 120 valence electrons. The number of nitriles is 1. The van der Waals surface area contributed by atoms with Crippen LogP contribution in [0.4, 0.5) is 0 Å². The molecule has 1 N–H and O–H groups in total. The van der Waals surface area contributed by atoms with E-state index in [1.165, 1.54) is 11.1 Å². The molecule has 0 aromatic heterocycles. The summed E-state index contributed by atoms with van der Waals surface area (Å²) in [4.78, 5) is 0. The molecule has 0 saturated carbocycles. The molecule has 2 unspecified atom stereocenters. The second-order valence-electron chi connectivity index (χ2n) is 6.09. The van der Waals surface area contributed by atoms with Crippen LogP contribution < -0.4 is 10.1 Å². The number of rotatable bonds is 6. The van der Waals surface area contributed by atoms with Crippen molar-refractivity contribution in [1.82, 2.24) is 5.32 Å². The highest BCUT2D eigenvalue weighted by atomic mass is 16.5. The molecule has 0 aliphatic rings. The van der Waals surface area contributed by atoms with Gasteiger partial charge in [-0.2, -0.15) is 5.26 Å². The molecule has 2 rings (SSSR count).